The Morgan fingerprint density at radius 1 is 1.00 bits per heavy atom. The molecular weight excluding hydrogens is 437 g/mol. The maximum Gasteiger partial charge on any atom is 0.416 e. The lowest BCUT2D eigenvalue weighted by Crippen LogP contribution is -2.37. The van der Waals surface area contributed by atoms with E-state index < -0.39 is 23.7 Å². The molecule has 0 saturated carbocycles. The van der Waals surface area contributed by atoms with Gasteiger partial charge in [-0.05, 0) is 54.2 Å². The van der Waals surface area contributed by atoms with Crippen LogP contribution in [0, 0.1) is 0 Å². The number of aryl methyl sites for hydroxylation is 1. The van der Waals surface area contributed by atoms with E-state index in [1.165, 1.54) is 5.56 Å². The number of amides is 1. The smallest absolute Gasteiger partial charge is 0.323 e. The quantitative estimate of drug-likeness (QED) is 0.446. The Morgan fingerprint density at radius 3 is 2.47 bits per heavy atom. The Morgan fingerprint density at radius 2 is 1.72 bits per heavy atom. The van der Waals surface area contributed by atoms with Gasteiger partial charge < -0.3 is 5.32 Å². The lowest BCUT2D eigenvalue weighted by atomic mass is 9.87. The van der Waals surface area contributed by atoms with Gasteiger partial charge in [-0.15, -0.1) is 0 Å². The minimum atomic E-state index is -4.53. The van der Waals surface area contributed by atoms with E-state index in [2.05, 4.69) is 22.8 Å². The van der Waals surface area contributed by atoms with Crippen LogP contribution in [0.15, 0.2) is 72.8 Å². The molecule has 1 aliphatic rings. The summed E-state index contributed by atoms with van der Waals surface area (Å²) in [7, 11) is 0. The number of hydrogen-bond donors (Lipinski definition) is 2. The molecule has 0 fully saturated rings. The zero-order chi connectivity index (χ0) is 22.7. The fraction of sp³-hybridized carbons (Fsp3) is 0.240. The fourth-order valence-electron chi connectivity index (χ4n) is 4.10. The van der Waals surface area contributed by atoms with Crippen molar-refractivity contribution in [1.82, 2.24) is 5.32 Å². The zero-order valence-corrected chi connectivity index (χ0v) is 17.9. The summed E-state index contributed by atoms with van der Waals surface area (Å²) in [5, 5.41) is 6.08. The van der Waals surface area contributed by atoms with Crippen LogP contribution >= 0.6 is 11.6 Å². The first-order valence-corrected chi connectivity index (χ1v) is 10.8. The van der Waals surface area contributed by atoms with Crippen molar-refractivity contribution in [3.8, 4) is 0 Å². The maximum atomic E-state index is 13.3. The van der Waals surface area contributed by atoms with Crippen LogP contribution in [0.4, 0.5) is 18.9 Å². The van der Waals surface area contributed by atoms with Gasteiger partial charge in [0.15, 0.2) is 0 Å². The molecule has 166 valence electrons. The molecule has 3 aromatic carbocycles. The van der Waals surface area contributed by atoms with E-state index in [0.29, 0.717) is 0 Å². The van der Waals surface area contributed by atoms with Crippen LogP contribution in [0.25, 0.3) is 0 Å². The molecule has 1 amide bonds. The number of alkyl halides is 3. The standard InChI is InChI=1S/C25H22ClF3N2O/c26-20-14-13-18(25(27,28)29)15-22(20)31-24(32)23(17-8-2-1-3-9-17)30-21-12-6-10-16-7-4-5-11-19(16)21/h1-5,7-9,11,13-15,21,23,30H,6,10,12H2,(H,31,32)/t21-,23+/m0/s1. The monoisotopic (exact) mass is 458 g/mol. The first-order chi connectivity index (χ1) is 15.3. The highest BCUT2D eigenvalue weighted by Gasteiger charge is 2.32. The van der Waals surface area contributed by atoms with Crippen molar-refractivity contribution < 1.29 is 18.0 Å². The van der Waals surface area contributed by atoms with Gasteiger partial charge in [0.1, 0.15) is 6.04 Å². The molecule has 2 atom stereocenters. The Kier molecular flexibility index (Phi) is 6.53. The molecule has 0 spiro atoms. The average Bonchev–Trinajstić information content (AvgIpc) is 2.78. The normalized spacial score (nSPS) is 16.8. The number of rotatable bonds is 5. The molecule has 2 N–H and O–H groups in total. The van der Waals surface area contributed by atoms with Gasteiger partial charge in [-0.25, -0.2) is 0 Å². The van der Waals surface area contributed by atoms with Crippen molar-refractivity contribution in [2.45, 2.75) is 37.5 Å². The number of anilines is 1. The Labute approximate surface area is 189 Å². The largest absolute Gasteiger partial charge is 0.416 e. The van der Waals surface area contributed by atoms with E-state index in [0.717, 1.165) is 48.6 Å². The van der Waals surface area contributed by atoms with Gasteiger partial charge in [0, 0.05) is 6.04 Å². The molecule has 4 rings (SSSR count). The first-order valence-electron chi connectivity index (χ1n) is 10.4. The molecule has 32 heavy (non-hydrogen) atoms. The number of carbonyl (C=O) groups is 1. The second kappa shape index (κ2) is 9.35. The van der Waals surface area contributed by atoms with Gasteiger partial charge in [-0.3, -0.25) is 10.1 Å². The van der Waals surface area contributed by atoms with E-state index in [9.17, 15) is 18.0 Å². The van der Waals surface area contributed by atoms with Crippen LogP contribution in [-0.2, 0) is 17.4 Å². The molecule has 1 aliphatic carbocycles. The average molecular weight is 459 g/mol. The molecule has 0 heterocycles. The molecule has 0 unspecified atom stereocenters. The third-order valence-electron chi connectivity index (χ3n) is 5.68. The number of nitrogens with one attached hydrogen (secondary N) is 2. The second-order valence-electron chi connectivity index (χ2n) is 7.84. The molecule has 3 aromatic rings. The molecule has 0 radical (unpaired) electrons. The van der Waals surface area contributed by atoms with Gasteiger partial charge in [-0.1, -0.05) is 66.2 Å². The SMILES string of the molecule is O=C(Nc1cc(C(F)(F)F)ccc1Cl)[C@H](N[C@H]1CCCc2ccccc21)c1ccccc1. The second-order valence-corrected chi connectivity index (χ2v) is 8.24. The number of carbonyl (C=O) groups excluding carboxylic acids is 1. The van der Waals surface area contributed by atoms with Gasteiger partial charge in [0.2, 0.25) is 5.91 Å². The van der Waals surface area contributed by atoms with E-state index >= 15 is 0 Å². The number of benzene rings is 3. The summed E-state index contributed by atoms with van der Waals surface area (Å²) in [6.45, 7) is 0. The van der Waals surface area contributed by atoms with Crippen molar-refractivity contribution >= 4 is 23.2 Å². The van der Waals surface area contributed by atoms with Gasteiger partial charge >= 0.3 is 6.18 Å². The summed E-state index contributed by atoms with van der Waals surface area (Å²) < 4.78 is 39.4. The summed E-state index contributed by atoms with van der Waals surface area (Å²) in [4.78, 5) is 13.3. The highest BCUT2D eigenvalue weighted by Crippen LogP contribution is 2.35. The van der Waals surface area contributed by atoms with E-state index in [4.69, 9.17) is 11.6 Å². The minimum absolute atomic E-state index is 0.0428. The van der Waals surface area contributed by atoms with Crippen LogP contribution in [0.1, 0.15) is 47.2 Å². The molecule has 0 aromatic heterocycles. The number of fused-ring (bicyclic) bond motifs is 1. The van der Waals surface area contributed by atoms with Gasteiger partial charge in [0.25, 0.3) is 0 Å². The summed E-state index contributed by atoms with van der Waals surface area (Å²) in [5.41, 5.74) is 2.16. The Bertz CT molecular complexity index is 1100. The van der Waals surface area contributed by atoms with Gasteiger partial charge in [-0.2, -0.15) is 13.2 Å². The van der Waals surface area contributed by atoms with Gasteiger partial charge in [0.05, 0.1) is 16.3 Å². The van der Waals surface area contributed by atoms with E-state index in [1.54, 1.807) is 0 Å². The lowest BCUT2D eigenvalue weighted by molar-refractivity contribution is -0.137. The van der Waals surface area contributed by atoms with Crippen molar-refractivity contribution in [3.63, 3.8) is 0 Å². The van der Waals surface area contributed by atoms with Crippen molar-refractivity contribution in [2.75, 3.05) is 5.32 Å². The summed E-state index contributed by atoms with van der Waals surface area (Å²) in [6, 6.07) is 19.3. The van der Waals surface area contributed by atoms with Crippen LogP contribution in [0.3, 0.4) is 0 Å². The predicted molar refractivity (Wildman–Crippen MR) is 120 cm³/mol. The maximum absolute atomic E-state index is 13.3. The first kappa shape index (κ1) is 22.4. The summed E-state index contributed by atoms with van der Waals surface area (Å²) in [5.74, 6) is -0.472. The summed E-state index contributed by atoms with van der Waals surface area (Å²) in [6.07, 6.45) is -1.71. The minimum Gasteiger partial charge on any atom is -0.323 e. The fourth-order valence-corrected chi connectivity index (χ4v) is 4.26. The Hall–Kier alpha value is -2.83. The Balaban J connectivity index is 1.63. The topological polar surface area (TPSA) is 41.1 Å². The highest BCUT2D eigenvalue weighted by atomic mass is 35.5. The predicted octanol–water partition coefficient (Wildman–Crippen LogP) is 6.71. The van der Waals surface area contributed by atoms with E-state index in [-0.39, 0.29) is 16.8 Å². The third kappa shape index (κ3) is 4.97. The van der Waals surface area contributed by atoms with Crippen LogP contribution in [0.5, 0.6) is 0 Å². The highest BCUT2D eigenvalue weighted by molar-refractivity contribution is 6.33. The van der Waals surface area contributed by atoms with Crippen LogP contribution in [-0.4, -0.2) is 5.91 Å². The summed E-state index contributed by atoms with van der Waals surface area (Å²) >= 11 is 6.10. The molecule has 0 aliphatic heterocycles. The zero-order valence-electron chi connectivity index (χ0n) is 17.1. The molecule has 7 heteroatoms. The van der Waals surface area contributed by atoms with Crippen molar-refractivity contribution in [1.29, 1.82) is 0 Å². The van der Waals surface area contributed by atoms with E-state index in [1.807, 2.05) is 42.5 Å². The molecular formula is C25H22ClF3N2O. The molecule has 0 bridgehead atoms. The lowest BCUT2D eigenvalue weighted by Gasteiger charge is -2.30. The van der Waals surface area contributed by atoms with Crippen LogP contribution in [0.2, 0.25) is 5.02 Å². The molecule has 3 nitrogen and oxygen atoms in total. The number of halogens is 4. The number of hydrogen-bond acceptors (Lipinski definition) is 2. The third-order valence-corrected chi connectivity index (χ3v) is 6.01. The van der Waals surface area contributed by atoms with Crippen LogP contribution < -0.4 is 10.6 Å². The molecule has 0 saturated heterocycles. The van der Waals surface area contributed by atoms with Crippen molar-refractivity contribution in [3.05, 3.63) is 100 Å². The van der Waals surface area contributed by atoms with Crippen molar-refractivity contribution in [2.24, 2.45) is 0 Å².